The summed E-state index contributed by atoms with van der Waals surface area (Å²) in [6, 6.07) is 7.25. The minimum Gasteiger partial charge on any atom is -0.367 e. The molecule has 0 amide bonds. The van der Waals surface area contributed by atoms with Crippen molar-refractivity contribution in [3.63, 3.8) is 0 Å². The molecular formula is C13H20N2. The molecule has 1 fully saturated rings. The highest BCUT2D eigenvalue weighted by Gasteiger charge is 2.23. The zero-order chi connectivity index (χ0) is 10.8. The molecule has 0 bridgehead atoms. The minimum absolute atomic E-state index is 0.548. The molecule has 1 heterocycles. The predicted octanol–water partition coefficient (Wildman–Crippen LogP) is 2.23. The van der Waals surface area contributed by atoms with Crippen LogP contribution in [0, 0.1) is 13.8 Å². The Morgan fingerprint density at radius 2 is 2.13 bits per heavy atom. The molecule has 82 valence electrons. The van der Waals surface area contributed by atoms with Crippen molar-refractivity contribution in [2.24, 2.45) is 5.73 Å². The molecule has 1 aromatic rings. The first-order chi connectivity index (χ1) is 7.22. The van der Waals surface area contributed by atoms with Gasteiger partial charge in [0.25, 0.3) is 0 Å². The van der Waals surface area contributed by atoms with E-state index in [0.29, 0.717) is 6.04 Å². The van der Waals surface area contributed by atoms with Crippen LogP contribution in [0.4, 0.5) is 5.69 Å². The molecule has 1 aliphatic rings. The Balaban J connectivity index is 2.25. The highest BCUT2D eigenvalue weighted by Crippen LogP contribution is 2.26. The summed E-state index contributed by atoms with van der Waals surface area (Å²) >= 11 is 0. The summed E-state index contributed by atoms with van der Waals surface area (Å²) in [5, 5.41) is 0. The first kappa shape index (κ1) is 10.5. The molecule has 0 radical (unpaired) electrons. The SMILES string of the molecule is Cc1ccc(N2CCCC2CN)cc1C. The lowest BCUT2D eigenvalue weighted by Gasteiger charge is -2.26. The average Bonchev–Trinajstić information content (AvgIpc) is 2.70. The smallest absolute Gasteiger partial charge is 0.0412 e. The quantitative estimate of drug-likeness (QED) is 0.800. The summed E-state index contributed by atoms with van der Waals surface area (Å²) in [7, 11) is 0. The largest absolute Gasteiger partial charge is 0.367 e. The Bertz CT molecular complexity index is 346. The fourth-order valence-corrected chi connectivity index (χ4v) is 2.32. The van der Waals surface area contributed by atoms with Gasteiger partial charge in [-0.25, -0.2) is 0 Å². The van der Waals surface area contributed by atoms with Gasteiger partial charge >= 0.3 is 0 Å². The van der Waals surface area contributed by atoms with Crippen LogP contribution in [-0.2, 0) is 0 Å². The number of benzene rings is 1. The number of nitrogens with two attached hydrogens (primary N) is 1. The molecule has 1 atom stereocenters. The maximum absolute atomic E-state index is 5.79. The van der Waals surface area contributed by atoms with E-state index in [4.69, 9.17) is 5.73 Å². The number of nitrogens with zero attached hydrogens (tertiary/aromatic N) is 1. The maximum atomic E-state index is 5.79. The highest BCUT2D eigenvalue weighted by molar-refractivity contribution is 5.52. The van der Waals surface area contributed by atoms with Crippen LogP contribution in [0.5, 0.6) is 0 Å². The molecular weight excluding hydrogens is 184 g/mol. The predicted molar refractivity (Wildman–Crippen MR) is 65.3 cm³/mol. The summed E-state index contributed by atoms with van der Waals surface area (Å²) in [6.07, 6.45) is 2.51. The standard InChI is InChI=1S/C13H20N2/c1-10-5-6-12(8-11(10)2)15-7-3-4-13(15)9-14/h5-6,8,13H,3-4,7,9,14H2,1-2H3. The van der Waals surface area contributed by atoms with Crippen molar-refractivity contribution < 1.29 is 0 Å². The van der Waals surface area contributed by atoms with Crippen LogP contribution in [0.25, 0.3) is 0 Å². The van der Waals surface area contributed by atoms with E-state index >= 15 is 0 Å². The van der Waals surface area contributed by atoms with E-state index in [1.807, 2.05) is 0 Å². The van der Waals surface area contributed by atoms with Gasteiger partial charge in [0.2, 0.25) is 0 Å². The Kier molecular flexibility index (Phi) is 2.96. The molecule has 1 aromatic carbocycles. The molecule has 1 unspecified atom stereocenters. The lowest BCUT2D eigenvalue weighted by molar-refractivity contribution is 0.677. The van der Waals surface area contributed by atoms with Crippen molar-refractivity contribution >= 4 is 5.69 Å². The summed E-state index contributed by atoms with van der Waals surface area (Å²) in [5.74, 6) is 0. The zero-order valence-electron chi connectivity index (χ0n) is 9.66. The van der Waals surface area contributed by atoms with Gasteiger partial charge in [0.15, 0.2) is 0 Å². The van der Waals surface area contributed by atoms with Gasteiger partial charge in [0.05, 0.1) is 0 Å². The van der Waals surface area contributed by atoms with Crippen LogP contribution in [0.15, 0.2) is 18.2 Å². The van der Waals surface area contributed by atoms with Crippen LogP contribution in [-0.4, -0.2) is 19.1 Å². The Morgan fingerprint density at radius 3 is 2.80 bits per heavy atom. The Labute approximate surface area is 92.1 Å². The minimum atomic E-state index is 0.548. The van der Waals surface area contributed by atoms with E-state index in [0.717, 1.165) is 13.1 Å². The zero-order valence-corrected chi connectivity index (χ0v) is 9.66. The van der Waals surface area contributed by atoms with Crippen molar-refractivity contribution in [1.29, 1.82) is 0 Å². The summed E-state index contributed by atoms with van der Waals surface area (Å²) in [6.45, 7) is 6.26. The lowest BCUT2D eigenvalue weighted by Crippen LogP contribution is -2.35. The fraction of sp³-hybridized carbons (Fsp3) is 0.538. The second kappa shape index (κ2) is 4.23. The van der Waals surface area contributed by atoms with Gasteiger partial charge in [-0.1, -0.05) is 6.07 Å². The first-order valence-corrected chi connectivity index (χ1v) is 5.76. The maximum Gasteiger partial charge on any atom is 0.0412 e. The summed E-state index contributed by atoms with van der Waals surface area (Å²) < 4.78 is 0. The highest BCUT2D eigenvalue weighted by atomic mass is 15.2. The fourth-order valence-electron chi connectivity index (χ4n) is 2.32. The van der Waals surface area contributed by atoms with Gasteiger partial charge in [-0.3, -0.25) is 0 Å². The monoisotopic (exact) mass is 204 g/mol. The summed E-state index contributed by atoms with van der Waals surface area (Å²) in [5.41, 5.74) is 9.86. The van der Waals surface area contributed by atoms with Crippen molar-refractivity contribution in [3.05, 3.63) is 29.3 Å². The van der Waals surface area contributed by atoms with Crippen molar-refractivity contribution in [1.82, 2.24) is 0 Å². The number of anilines is 1. The second-order valence-electron chi connectivity index (χ2n) is 4.49. The van der Waals surface area contributed by atoms with E-state index in [2.05, 4.69) is 36.9 Å². The summed E-state index contributed by atoms with van der Waals surface area (Å²) in [4.78, 5) is 2.45. The van der Waals surface area contributed by atoms with E-state index in [1.54, 1.807) is 0 Å². The van der Waals surface area contributed by atoms with Gasteiger partial charge in [-0.15, -0.1) is 0 Å². The molecule has 15 heavy (non-hydrogen) atoms. The van der Waals surface area contributed by atoms with Gasteiger partial charge in [-0.05, 0) is 49.9 Å². The molecule has 0 spiro atoms. The molecule has 0 aliphatic carbocycles. The van der Waals surface area contributed by atoms with Crippen LogP contribution >= 0.6 is 0 Å². The van der Waals surface area contributed by atoms with Gasteiger partial charge in [0, 0.05) is 24.8 Å². The molecule has 1 saturated heterocycles. The molecule has 0 aromatic heterocycles. The van der Waals surface area contributed by atoms with Gasteiger partial charge < -0.3 is 10.6 Å². The van der Waals surface area contributed by atoms with Crippen molar-refractivity contribution in [3.8, 4) is 0 Å². The third-order valence-electron chi connectivity index (χ3n) is 3.47. The van der Waals surface area contributed by atoms with E-state index < -0.39 is 0 Å². The number of rotatable bonds is 2. The molecule has 2 N–H and O–H groups in total. The normalized spacial score (nSPS) is 21.0. The molecule has 2 rings (SSSR count). The molecule has 2 heteroatoms. The van der Waals surface area contributed by atoms with Crippen LogP contribution < -0.4 is 10.6 Å². The molecule has 2 nitrogen and oxygen atoms in total. The Morgan fingerprint density at radius 1 is 1.33 bits per heavy atom. The third-order valence-corrected chi connectivity index (χ3v) is 3.47. The van der Waals surface area contributed by atoms with Crippen molar-refractivity contribution in [2.75, 3.05) is 18.0 Å². The third kappa shape index (κ3) is 2.00. The van der Waals surface area contributed by atoms with Crippen LogP contribution in [0.1, 0.15) is 24.0 Å². The number of hydrogen-bond acceptors (Lipinski definition) is 2. The van der Waals surface area contributed by atoms with Crippen LogP contribution in [0.2, 0.25) is 0 Å². The second-order valence-corrected chi connectivity index (χ2v) is 4.49. The van der Waals surface area contributed by atoms with Gasteiger partial charge in [-0.2, -0.15) is 0 Å². The molecule has 0 saturated carbocycles. The van der Waals surface area contributed by atoms with E-state index in [1.165, 1.54) is 29.7 Å². The van der Waals surface area contributed by atoms with Crippen LogP contribution in [0.3, 0.4) is 0 Å². The van der Waals surface area contributed by atoms with Gasteiger partial charge in [0.1, 0.15) is 0 Å². The Hall–Kier alpha value is -1.02. The average molecular weight is 204 g/mol. The van der Waals surface area contributed by atoms with E-state index in [9.17, 15) is 0 Å². The first-order valence-electron chi connectivity index (χ1n) is 5.76. The topological polar surface area (TPSA) is 29.3 Å². The van der Waals surface area contributed by atoms with E-state index in [-0.39, 0.29) is 0 Å². The van der Waals surface area contributed by atoms with Crippen molar-refractivity contribution in [2.45, 2.75) is 32.7 Å². The molecule has 1 aliphatic heterocycles. The number of aryl methyl sites for hydroxylation is 2. The lowest BCUT2D eigenvalue weighted by atomic mass is 10.1. The number of hydrogen-bond donors (Lipinski definition) is 1.